The molecule has 6 heterocycles. The number of halogens is 3. The van der Waals surface area contributed by atoms with Crippen molar-refractivity contribution in [1.29, 1.82) is 0 Å². The van der Waals surface area contributed by atoms with Gasteiger partial charge >= 0.3 is 12.1 Å². The average molecular weight is 949 g/mol. The average Bonchev–Trinajstić information content (AvgIpc) is 4.05. The molecule has 3 aliphatic rings. The number of amides is 4. The fourth-order valence-electron chi connectivity index (χ4n) is 9.48. The highest BCUT2D eigenvalue weighted by Gasteiger charge is 2.41. The van der Waals surface area contributed by atoms with Crippen molar-refractivity contribution in [3.8, 4) is 21.8 Å². The van der Waals surface area contributed by atoms with Gasteiger partial charge in [0.25, 0.3) is 5.91 Å². The SMILES string of the molecule is C=CC(=O)N1CCC(C(=O)N(C)[C@H](C(=O)N[C@H]2Cc3csc(n3)-c3ccc4c(c3)c(c(-c3cccnc3[C@H](C)OC)n4CC(F)(F)F)CC(C)(C)COC(=O)[C@@H]3CCCN(N3)C2=O)C(C)C)C1. The number of methoxy groups -OCH3 is 1. The molecule has 2 fully saturated rings. The summed E-state index contributed by atoms with van der Waals surface area (Å²) in [4.78, 5) is 81.4. The van der Waals surface area contributed by atoms with E-state index in [-0.39, 0.29) is 50.3 Å². The zero-order valence-electron chi connectivity index (χ0n) is 38.9. The number of nitrogens with zero attached hydrogens (tertiary/aromatic N) is 6. The van der Waals surface area contributed by atoms with E-state index in [2.05, 4.69) is 22.3 Å². The van der Waals surface area contributed by atoms with E-state index in [4.69, 9.17) is 14.5 Å². The Labute approximate surface area is 392 Å². The number of hydrogen-bond acceptors (Lipinski definition) is 11. The number of likely N-dealkylation sites (N-methyl/N-ethyl adjacent to an activating group) is 1. The van der Waals surface area contributed by atoms with Crippen molar-refractivity contribution >= 4 is 51.8 Å². The molecule has 3 aromatic heterocycles. The Morgan fingerprint density at radius 3 is 2.61 bits per heavy atom. The summed E-state index contributed by atoms with van der Waals surface area (Å²) < 4.78 is 56.8. The van der Waals surface area contributed by atoms with Crippen molar-refractivity contribution in [2.45, 2.75) is 104 Å². The first-order chi connectivity index (χ1) is 31.7. The Bertz CT molecular complexity index is 2540. The molecule has 0 saturated carbocycles. The number of ether oxygens (including phenoxy) is 2. The van der Waals surface area contributed by atoms with Crippen LogP contribution in [-0.4, -0.2) is 124 Å². The molecule has 19 heteroatoms. The Morgan fingerprint density at radius 1 is 1.15 bits per heavy atom. The fraction of sp³-hybridized carbons (Fsp3) is 0.521. The third-order valence-electron chi connectivity index (χ3n) is 12.9. The van der Waals surface area contributed by atoms with Crippen molar-refractivity contribution in [2.24, 2.45) is 17.3 Å². The number of esters is 1. The standard InChI is InChI=1S/C48H59F3N8O7S/c1-9-38(60)57-19-16-30(23-57)44(62)56(7)40(27(2)3)42(61)54-36-21-31-24-67-43(53-31)29-14-15-37-33(20-29)34(22-47(5,6)26-66-46(64)35-13-11-18-59(55-35)45(36)63)41(58(37)25-48(49,50)51)32-12-10-17-52-39(32)28(4)65-8/h9-10,12,14-15,17,20,24,27-28,30,35-36,40,55H,1,11,13,16,18-19,21-23,25-26H2,2-8H3,(H,54,61)/t28-,30?,35-,36-,40-/m0/s1. The van der Waals surface area contributed by atoms with E-state index in [1.807, 2.05) is 19.9 Å². The molecule has 15 nitrogen and oxygen atoms in total. The van der Waals surface area contributed by atoms with Gasteiger partial charge in [-0.05, 0) is 80.5 Å². The zero-order valence-corrected chi connectivity index (χ0v) is 39.8. The molecule has 3 aliphatic heterocycles. The first-order valence-corrected chi connectivity index (χ1v) is 23.5. The Morgan fingerprint density at radius 2 is 1.91 bits per heavy atom. The minimum atomic E-state index is -4.59. The van der Waals surface area contributed by atoms with Crippen LogP contribution in [0, 0.1) is 17.3 Å². The van der Waals surface area contributed by atoms with Crippen molar-refractivity contribution in [1.82, 2.24) is 40.1 Å². The van der Waals surface area contributed by atoms with Gasteiger partial charge < -0.3 is 29.2 Å². The number of alkyl halides is 3. The van der Waals surface area contributed by atoms with Crippen LogP contribution in [0.3, 0.4) is 0 Å². The number of nitrogens with one attached hydrogen (secondary N) is 2. The van der Waals surface area contributed by atoms with Crippen molar-refractivity contribution in [3.05, 3.63) is 71.5 Å². The second kappa shape index (κ2) is 19.9. The van der Waals surface area contributed by atoms with Crippen LogP contribution in [0.4, 0.5) is 13.2 Å². The van der Waals surface area contributed by atoms with Crippen LogP contribution in [0.2, 0.25) is 0 Å². The van der Waals surface area contributed by atoms with Crippen LogP contribution in [0.25, 0.3) is 32.7 Å². The number of pyridine rings is 1. The number of likely N-dealkylation sites (tertiary alicyclic amines) is 1. The van der Waals surface area contributed by atoms with E-state index >= 15 is 0 Å². The summed E-state index contributed by atoms with van der Waals surface area (Å²) in [7, 11) is 3.06. The summed E-state index contributed by atoms with van der Waals surface area (Å²) in [6.45, 7) is 12.1. The second-order valence-electron chi connectivity index (χ2n) is 18.9. The lowest BCUT2D eigenvalue weighted by molar-refractivity contribution is -0.155. The fourth-order valence-corrected chi connectivity index (χ4v) is 10.3. The molecule has 67 heavy (non-hydrogen) atoms. The number of benzene rings is 1. The number of hydrazine groups is 1. The third kappa shape index (κ3) is 10.7. The van der Waals surface area contributed by atoms with E-state index in [1.54, 1.807) is 68.6 Å². The van der Waals surface area contributed by atoms with Gasteiger partial charge in [0.2, 0.25) is 17.7 Å². The first-order valence-electron chi connectivity index (χ1n) is 22.6. The predicted molar refractivity (Wildman–Crippen MR) is 246 cm³/mol. The maximum atomic E-state index is 14.6. The minimum Gasteiger partial charge on any atom is -0.464 e. The topological polar surface area (TPSA) is 168 Å². The predicted octanol–water partition coefficient (Wildman–Crippen LogP) is 6.26. The molecule has 1 unspecified atom stereocenters. The van der Waals surface area contributed by atoms with Gasteiger partial charge in [0.1, 0.15) is 29.7 Å². The van der Waals surface area contributed by atoms with Crippen molar-refractivity contribution < 1.29 is 46.6 Å². The van der Waals surface area contributed by atoms with E-state index < -0.39 is 66.1 Å². The number of cyclic esters (lactones) is 1. The van der Waals surface area contributed by atoms with E-state index in [0.29, 0.717) is 75.5 Å². The molecule has 1 aromatic carbocycles. The number of fused-ring (bicyclic) bond motifs is 6. The number of carbonyl (C=O) groups is 5. The Hall–Kier alpha value is -5.66. The monoisotopic (exact) mass is 948 g/mol. The summed E-state index contributed by atoms with van der Waals surface area (Å²) in [5, 5.41) is 7.12. The molecule has 0 spiro atoms. The molecule has 360 valence electrons. The van der Waals surface area contributed by atoms with E-state index in [1.165, 1.54) is 39.0 Å². The normalized spacial score (nSPS) is 21.1. The Kier molecular flexibility index (Phi) is 14.6. The largest absolute Gasteiger partial charge is 0.464 e. The van der Waals surface area contributed by atoms with Crippen LogP contribution in [0.1, 0.15) is 76.9 Å². The highest BCUT2D eigenvalue weighted by molar-refractivity contribution is 7.13. The van der Waals surface area contributed by atoms with Gasteiger partial charge in [-0.2, -0.15) is 13.2 Å². The summed E-state index contributed by atoms with van der Waals surface area (Å²) in [6, 6.07) is 5.53. The van der Waals surface area contributed by atoms with E-state index in [0.717, 1.165) is 0 Å². The highest BCUT2D eigenvalue weighted by Crippen LogP contribution is 2.43. The smallest absolute Gasteiger partial charge is 0.406 e. The number of rotatable bonds is 10. The lowest BCUT2D eigenvalue weighted by Gasteiger charge is -2.37. The molecule has 4 amide bonds. The maximum absolute atomic E-state index is 14.6. The summed E-state index contributed by atoms with van der Waals surface area (Å²) in [5.41, 5.74) is 5.52. The van der Waals surface area contributed by atoms with Gasteiger partial charge in [-0.3, -0.25) is 34.0 Å². The van der Waals surface area contributed by atoms with Crippen LogP contribution in [-0.2, 0) is 52.8 Å². The molecule has 7 rings (SSSR count). The molecule has 5 atom stereocenters. The Balaban J connectivity index is 1.30. The molecule has 6 bridgehead atoms. The molecular formula is C48H59F3N8O7S. The van der Waals surface area contributed by atoms with Gasteiger partial charge in [0, 0.05) is 79.2 Å². The zero-order chi connectivity index (χ0) is 48.5. The maximum Gasteiger partial charge on any atom is 0.406 e. The molecular weight excluding hydrogens is 890 g/mol. The lowest BCUT2D eigenvalue weighted by atomic mass is 9.84. The quantitative estimate of drug-likeness (QED) is 0.137. The molecule has 0 aliphatic carbocycles. The summed E-state index contributed by atoms with van der Waals surface area (Å²) in [6.07, 6.45) is -0.999. The summed E-state index contributed by atoms with van der Waals surface area (Å²) >= 11 is 1.29. The highest BCUT2D eigenvalue weighted by atomic mass is 32.1. The second-order valence-corrected chi connectivity index (χ2v) is 19.7. The van der Waals surface area contributed by atoms with Gasteiger partial charge in [-0.25, -0.2) is 10.4 Å². The molecule has 4 aromatic rings. The minimum absolute atomic E-state index is 0.0622. The van der Waals surface area contributed by atoms with Crippen molar-refractivity contribution in [2.75, 3.05) is 40.4 Å². The lowest BCUT2D eigenvalue weighted by Crippen LogP contribution is -2.62. The van der Waals surface area contributed by atoms with Gasteiger partial charge in [0.15, 0.2) is 0 Å². The third-order valence-corrected chi connectivity index (χ3v) is 13.8. The van der Waals surface area contributed by atoms with Gasteiger partial charge in [-0.1, -0.05) is 34.3 Å². The number of hydrogen-bond donors (Lipinski definition) is 2. The van der Waals surface area contributed by atoms with E-state index in [9.17, 15) is 37.1 Å². The van der Waals surface area contributed by atoms with Gasteiger partial charge in [-0.15, -0.1) is 11.3 Å². The van der Waals surface area contributed by atoms with Gasteiger partial charge in [0.05, 0.1) is 35.7 Å². The number of aromatic nitrogens is 3. The van der Waals surface area contributed by atoms with Crippen LogP contribution in [0.15, 0.2) is 54.6 Å². The first kappa shape index (κ1) is 49.3. The molecule has 2 N–H and O–H groups in total. The molecule has 2 saturated heterocycles. The summed E-state index contributed by atoms with van der Waals surface area (Å²) in [5.74, 6) is -3.17. The number of thiazole rings is 1. The van der Waals surface area contributed by atoms with Crippen molar-refractivity contribution in [3.63, 3.8) is 0 Å². The van der Waals surface area contributed by atoms with Crippen LogP contribution < -0.4 is 10.7 Å². The van der Waals surface area contributed by atoms with Crippen LogP contribution >= 0.6 is 11.3 Å². The number of carbonyl (C=O) groups excluding carboxylic acids is 5. The molecule has 0 radical (unpaired) electrons. The van der Waals surface area contributed by atoms with Crippen LogP contribution in [0.5, 0.6) is 0 Å².